The van der Waals surface area contributed by atoms with Gasteiger partial charge in [-0.15, -0.1) is 0 Å². The van der Waals surface area contributed by atoms with Crippen LogP contribution in [0.5, 0.6) is 5.75 Å². The second-order valence-corrected chi connectivity index (χ2v) is 6.17. The molecule has 21 heavy (non-hydrogen) atoms. The predicted octanol–water partition coefficient (Wildman–Crippen LogP) is 3.39. The number of non-ortho nitro benzene ring substituents is 1. The summed E-state index contributed by atoms with van der Waals surface area (Å²) >= 11 is 0. The van der Waals surface area contributed by atoms with Crippen molar-refractivity contribution in [2.75, 3.05) is 13.2 Å². The van der Waals surface area contributed by atoms with Crippen LogP contribution >= 0.6 is 0 Å². The molecule has 5 nitrogen and oxygen atoms in total. The molecule has 1 aromatic rings. The molecule has 0 spiro atoms. The van der Waals surface area contributed by atoms with E-state index < -0.39 is 4.92 Å². The van der Waals surface area contributed by atoms with Gasteiger partial charge in [-0.25, -0.2) is 0 Å². The molecule has 5 heteroatoms. The first-order valence-electron chi connectivity index (χ1n) is 7.65. The molecule has 1 aliphatic rings. The van der Waals surface area contributed by atoms with E-state index in [9.17, 15) is 10.1 Å². The number of nitro groups is 1. The van der Waals surface area contributed by atoms with E-state index in [0.29, 0.717) is 18.4 Å². The smallest absolute Gasteiger partial charge is 0.269 e. The highest BCUT2D eigenvalue weighted by Gasteiger charge is 2.23. The largest absolute Gasteiger partial charge is 0.492 e. The Hall–Kier alpha value is -1.62. The van der Waals surface area contributed by atoms with Crippen molar-refractivity contribution in [3.63, 3.8) is 0 Å². The Balaban J connectivity index is 1.68. The fraction of sp³-hybridized carbons (Fsp3) is 0.625. The third kappa shape index (κ3) is 5.01. The highest BCUT2D eigenvalue weighted by atomic mass is 16.6. The molecule has 1 fully saturated rings. The Morgan fingerprint density at radius 2 is 1.81 bits per heavy atom. The van der Waals surface area contributed by atoms with Crippen molar-refractivity contribution < 1.29 is 9.66 Å². The van der Waals surface area contributed by atoms with E-state index in [1.165, 1.54) is 31.4 Å². The average molecular weight is 292 g/mol. The number of hydrogen-bond donors (Lipinski definition) is 1. The molecule has 1 N–H and O–H groups in total. The molecule has 1 aromatic carbocycles. The first kappa shape index (κ1) is 15.8. The first-order valence-corrected chi connectivity index (χ1v) is 7.65. The number of ether oxygens (including phenoxy) is 1. The van der Waals surface area contributed by atoms with E-state index in [1.807, 2.05) is 0 Å². The van der Waals surface area contributed by atoms with Gasteiger partial charge in [0.05, 0.1) is 4.92 Å². The number of nitrogens with zero attached hydrogens (tertiary/aromatic N) is 1. The van der Waals surface area contributed by atoms with Crippen LogP contribution in [0.2, 0.25) is 0 Å². The fourth-order valence-corrected chi connectivity index (χ4v) is 3.21. The van der Waals surface area contributed by atoms with Gasteiger partial charge >= 0.3 is 0 Å². The van der Waals surface area contributed by atoms with Gasteiger partial charge in [0.1, 0.15) is 12.4 Å². The Kier molecular flexibility index (Phi) is 5.56. The standard InChI is InChI=1S/C16H24N2O3/c1-12-9-13(2)11-14(10-12)17-7-8-21-16-5-3-15(4-6-16)18(19)20/h3-6,12-14,17H,7-11H2,1-2H3. The van der Waals surface area contributed by atoms with Crippen LogP contribution in [-0.4, -0.2) is 24.1 Å². The summed E-state index contributed by atoms with van der Waals surface area (Å²) in [4.78, 5) is 10.1. The second kappa shape index (κ2) is 7.41. The Labute approximate surface area is 125 Å². The topological polar surface area (TPSA) is 64.4 Å². The summed E-state index contributed by atoms with van der Waals surface area (Å²) < 4.78 is 5.60. The molecule has 2 unspecified atom stereocenters. The lowest BCUT2D eigenvalue weighted by atomic mass is 9.80. The summed E-state index contributed by atoms with van der Waals surface area (Å²) in [5.74, 6) is 2.26. The maximum Gasteiger partial charge on any atom is 0.269 e. The Morgan fingerprint density at radius 1 is 1.19 bits per heavy atom. The zero-order valence-corrected chi connectivity index (χ0v) is 12.7. The molecule has 0 aromatic heterocycles. The van der Waals surface area contributed by atoms with Crippen LogP contribution < -0.4 is 10.1 Å². The molecule has 0 saturated heterocycles. The van der Waals surface area contributed by atoms with Crippen molar-refractivity contribution in [3.8, 4) is 5.75 Å². The number of rotatable bonds is 6. The lowest BCUT2D eigenvalue weighted by molar-refractivity contribution is -0.384. The molecule has 2 atom stereocenters. The van der Waals surface area contributed by atoms with Crippen molar-refractivity contribution in [3.05, 3.63) is 34.4 Å². The van der Waals surface area contributed by atoms with Crippen molar-refractivity contribution in [1.29, 1.82) is 0 Å². The molecule has 1 aliphatic carbocycles. The lowest BCUT2D eigenvalue weighted by Gasteiger charge is -2.32. The third-order valence-electron chi connectivity index (χ3n) is 4.03. The number of nitrogens with one attached hydrogen (secondary N) is 1. The SMILES string of the molecule is CC1CC(C)CC(NCCOc2ccc([N+](=O)[O-])cc2)C1. The van der Waals surface area contributed by atoms with Crippen LogP contribution in [0.4, 0.5) is 5.69 Å². The quantitative estimate of drug-likeness (QED) is 0.496. The fourth-order valence-electron chi connectivity index (χ4n) is 3.21. The van der Waals surface area contributed by atoms with Crippen molar-refractivity contribution in [2.24, 2.45) is 11.8 Å². The highest BCUT2D eigenvalue weighted by molar-refractivity contribution is 5.35. The first-order chi connectivity index (χ1) is 10.0. The molecular formula is C16H24N2O3. The minimum atomic E-state index is -0.406. The van der Waals surface area contributed by atoms with Crippen LogP contribution in [0.15, 0.2) is 24.3 Å². The monoisotopic (exact) mass is 292 g/mol. The van der Waals surface area contributed by atoms with Crippen molar-refractivity contribution in [1.82, 2.24) is 5.32 Å². The summed E-state index contributed by atoms with van der Waals surface area (Å²) in [7, 11) is 0. The molecule has 0 aliphatic heterocycles. The summed E-state index contributed by atoms with van der Waals surface area (Å²) in [6.07, 6.45) is 3.81. The molecule has 1 saturated carbocycles. The van der Waals surface area contributed by atoms with Crippen LogP contribution in [0.3, 0.4) is 0 Å². The van der Waals surface area contributed by atoms with Gasteiger partial charge in [0.2, 0.25) is 0 Å². The highest BCUT2D eigenvalue weighted by Crippen LogP contribution is 2.28. The van der Waals surface area contributed by atoms with Crippen LogP contribution in [0, 0.1) is 22.0 Å². The predicted molar refractivity (Wildman–Crippen MR) is 82.6 cm³/mol. The van der Waals surface area contributed by atoms with E-state index in [0.717, 1.165) is 18.4 Å². The van der Waals surface area contributed by atoms with E-state index in [-0.39, 0.29) is 5.69 Å². The number of nitro benzene ring substituents is 1. The van der Waals surface area contributed by atoms with Crippen LogP contribution in [0.25, 0.3) is 0 Å². The normalized spacial score (nSPS) is 25.5. The summed E-state index contributed by atoms with van der Waals surface area (Å²) in [6.45, 7) is 6.02. The van der Waals surface area contributed by atoms with Gasteiger partial charge in [-0.2, -0.15) is 0 Å². The summed E-state index contributed by atoms with van der Waals surface area (Å²) in [6, 6.07) is 6.80. The van der Waals surface area contributed by atoms with Gasteiger partial charge in [0, 0.05) is 24.7 Å². The number of benzene rings is 1. The molecular weight excluding hydrogens is 268 g/mol. The minimum Gasteiger partial charge on any atom is -0.492 e. The maximum absolute atomic E-state index is 10.6. The van der Waals surface area contributed by atoms with Crippen LogP contribution in [0.1, 0.15) is 33.1 Å². The van der Waals surface area contributed by atoms with Gasteiger partial charge in [-0.3, -0.25) is 10.1 Å². The Bertz CT molecular complexity index is 451. The maximum atomic E-state index is 10.6. The lowest BCUT2D eigenvalue weighted by Crippen LogP contribution is -2.38. The zero-order chi connectivity index (χ0) is 15.2. The Morgan fingerprint density at radius 3 is 2.38 bits per heavy atom. The molecule has 0 radical (unpaired) electrons. The molecule has 0 amide bonds. The van der Waals surface area contributed by atoms with Gasteiger partial charge < -0.3 is 10.1 Å². The summed E-state index contributed by atoms with van der Waals surface area (Å²) in [5.41, 5.74) is 0.0886. The molecule has 0 bridgehead atoms. The average Bonchev–Trinajstić information content (AvgIpc) is 2.43. The molecule has 2 rings (SSSR count). The van der Waals surface area contributed by atoms with Gasteiger partial charge in [-0.1, -0.05) is 13.8 Å². The van der Waals surface area contributed by atoms with E-state index in [1.54, 1.807) is 12.1 Å². The molecule has 116 valence electrons. The number of hydrogen-bond acceptors (Lipinski definition) is 4. The van der Waals surface area contributed by atoms with Gasteiger partial charge in [-0.05, 0) is 43.2 Å². The zero-order valence-electron chi connectivity index (χ0n) is 12.7. The van der Waals surface area contributed by atoms with Crippen molar-refractivity contribution in [2.45, 2.75) is 39.2 Å². The second-order valence-electron chi connectivity index (χ2n) is 6.17. The van der Waals surface area contributed by atoms with Crippen molar-refractivity contribution >= 4 is 5.69 Å². The van der Waals surface area contributed by atoms with E-state index in [2.05, 4.69) is 19.2 Å². The summed E-state index contributed by atoms with van der Waals surface area (Å²) in [5, 5.41) is 14.1. The van der Waals surface area contributed by atoms with E-state index in [4.69, 9.17) is 4.74 Å². The van der Waals surface area contributed by atoms with Gasteiger partial charge in [0.25, 0.3) is 5.69 Å². The van der Waals surface area contributed by atoms with Gasteiger partial charge in [0.15, 0.2) is 0 Å². The minimum absolute atomic E-state index is 0.0886. The van der Waals surface area contributed by atoms with E-state index >= 15 is 0 Å². The third-order valence-corrected chi connectivity index (χ3v) is 4.03. The molecule has 0 heterocycles. The van der Waals surface area contributed by atoms with Crippen LogP contribution in [-0.2, 0) is 0 Å².